The Bertz CT molecular complexity index is 207. The fraction of sp³-hybridized carbons (Fsp3) is 0. The molecule has 0 aromatic carbocycles. The van der Waals surface area contributed by atoms with Crippen molar-refractivity contribution in [3.8, 4) is 0 Å². The molecular formula is C3H6N5S2+. The second kappa shape index (κ2) is 3.40. The molecule has 0 saturated carbocycles. The van der Waals surface area contributed by atoms with E-state index in [1.807, 2.05) is 0 Å². The van der Waals surface area contributed by atoms with Gasteiger partial charge in [0.2, 0.25) is 11.4 Å². The van der Waals surface area contributed by atoms with Crippen LogP contribution in [-0.2, 0) is 0 Å². The zero-order chi connectivity index (χ0) is 7.40. The number of thiocarbonyl (C=S) groups is 1. The van der Waals surface area contributed by atoms with Crippen molar-refractivity contribution >= 4 is 34.0 Å². The molecule has 5 N–H and O–H groups in total. The van der Waals surface area contributed by atoms with Crippen LogP contribution in [-0.4, -0.2) is 9.49 Å². The highest BCUT2D eigenvalue weighted by Gasteiger charge is 2.03. The maximum absolute atomic E-state index is 5.01. The Morgan fingerprint density at radius 3 is 3.20 bits per heavy atom. The van der Waals surface area contributed by atoms with Crippen LogP contribution in [0.15, 0.2) is 6.33 Å². The van der Waals surface area contributed by atoms with Crippen LogP contribution in [0.1, 0.15) is 0 Å². The average Bonchev–Trinajstić information content (AvgIpc) is 2.40. The summed E-state index contributed by atoms with van der Waals surface area (Å²) in [6.45, 7) is 0. The van der Waals surface area contributed by atoms with Crippen LogP contribution in [0.3, 0.4) is 0 Å². The summed E-state index contributed by atoms with van der Waals surface area (Å²) in [7, 11) is 0. The molecule has 1 aromatic heterocycles. The van der Waals surface area contributed by atoms with E-state index in [-0.39, 0.29) is 0 Å². The van der Waals surface area contributed by atoms with Gasteiger partial charge in [-0.15, -0.1) is 0 Å². The van der Waals surface area contributed by atoms with E-state index in [9.17, 15) is 0 Å². The Labute approximate surface area is 66.8 Å². The van der Waals surface area contributed by atoms with Crippen molar-refractivity contribution < 1.29 is 4.98 Å². The van der Waals surface area contributed by atoms with E-state index in [2.05, 4.69) is 20.1 Å². The number of nitrogens with one attached hydrogen (secondary N) is 3. The van der Waals surface area contributed by atoms with Crippen molar-refractivity contribution in [1.82, 2.24) is 9.80 Å². The summed E-state index contributed by atoms with van der Waals surface area (Å²) in [5, 5.41) is 3.88. The summed E-state index contributed by atoms with van der Waals surface area (Å²) < 4.78 is 3.80. The molecule has 54 valence electrons. The highest BCUT2D eigenvalue weighted by atomic mass is 32.1. The molecule has 1 rings (SSSR count). The molecule has 0 amide bonds. The fourth-order valence-corrected chi connectivity index (χ4v) is 1.02. The van der Waals surface area contributed by atoms with Crippen LogP contribution in [0.5, 0.6) is 0 Å². The molecule has 0 saturated heterocycles. The van der Waals surface area contributed by atoms with Gasteiger partial charge in [-0.1, -0.05) is 0 Å². The number of anilines is 1. The number of nitrogens with two attached hydrogens (primary N) is 1. The third kappa shape index (κ3) is 1.87. The number of hydrogen-bond acceptors (Lipinski definition) is 4. The molecule has 0 aliphatic heterocycles. The Morgan fingerprint density at radius 1 is 1.90 bits per heavy atom. The van der Waals surface area contributed by atoms with E-state index in [1.165, 1.54) is 11.5 Å². The monoisotopic (exact) mass is 176 g/mol. The number of hydrazine groups is 1. The second-order valence-electron chi connectivity index (χ2n) is 1.40. The van der Waals surface area contributed by atoms with Crippen molar-refractivity contribution in [3.05, 3.63) is 6.33 Å². The maximum atomic E-state index is 5.01. The number of nitrogens with zero attached hydrogens (tertiary/aromatic N) is 1. The summed E-state index contributed by atoms with van der Waals surface area (Å²) in [5.74, 6) is 5.01. The van der Waals surface area contributed by atoms with Crippen molar-refractivity contribution in [2.75, 3.05) is 5.32 Å². The number of aromatic amines is 1. The molecule has 0 fully saturated rings. The topological polar surface area (TPSA) is 77.1 Å². The van der Waals surface area contributed by atoms with Gasteiger partial charge < -0.3 is 0 Å². The van der Waals surface area contributed by atoms with Gasteiger partial charge in [0, 0.05) is 0 Å². The molecule has 0 unspecified atom stereocenters. The standard InChI is InChI=1S/C3H5N5S2/c4-8-2(9)7-3-5-1-6-10-3/h1H,4H2,(H2,5,6,7,8,9)/p+1. The highest BCUT2D eigenvalue weighted by molar-refractivity contribution is 7.80. The smallest absolute Gasteiger partial charge is 0.288 e. The lowest BCUT2D eigenvalue weighted by atomic mass is 11.0. The molecule has 1 heterocycles. The number of H-pyrrole nitrogens is 1. The molecule has 1 aromatic rings. The lowest BCUT2D eigenvalue weighted by Gasteiger charge is -1.94. The Balaban J connectivity index is 2.48. The molecule has 0 aliphatic carbocycles. The Hall–Kier alpha value is -0.790. The predicted octanol–water partition coefficient (Wildman–Crippen LogP) is -0.883. The first-order valence-corrected chi connectivity index (χ1v) is 3.61. The molecule has 0 radical (unpaired) electrons. The van der Waals surface area contributed by atoms with E-state index < -0.39 is 0 Å². The molecule has 0 atom stereocenters. The van der Waals surface area contributed by atoms with E-state index in [4.69, 9.17) is 18.1 Å². The molecule has 0 aliphatic rings. The average molecular weight is 176 g/mol. The van der Waals surface area contributed by atoms with Crippen LogP contribution in [0, 0.1) is 0 Å². The summed E-state index contributed by atoms with van der Waals surface area (Å²) in [6, 6.07) is 0. The molecule has 10 heavy (non-hydrogen) atoms. The zero-order valence-corrected chi connectivity index (χ0v) is 6.55. The predicted molar refractivity (Wildman–Crippen MR) is 42.2 cm³/mol. The van der Waals surface area contributed by atoms with Gasteiger partial charge in [-0.2, -0.15) is 0 Å². The summed E-state index contributed by atoms with van der Waals surface area (Å²) in [4.78, 5) is 2.82. The Morgan fingerprint density at radius 2 is 2.70 bits per heavy atom. The minimum absolute atomic E-state index is 0.362. The van der Waals surface area contributed by atoms with Crippen molar-refractivity contribution in [3.63, 3.8) is 0 Å². The van der Waals surface area contributed by atoms with Gasteiger partial charge in [0.25, 0.3) is 0 Å². The largest absolute Gasteiger partial charge is 0.317 e. The molecular weight excluding hydrogens is 170 g/mol. The van der Waals surface area contributed by atoms with E-state index in [0.717, 1.165) is 5.13 Å². The lowest BCUT2D eigenvalue weighted by molar-refractivity contribution is -0.357. The SMILES string of the molecule is NNC(=S)Nc1[nH+]cns1. The van der Waals surface area contributed by atoms with E-state index >= 15 is 0 Å². The first-order valence-electron chi connectivity index (χ1n) is 2.43. The Kier molecular flexibility index (Phi) is 2.49. The molecule has 7 heteroatoms. The summed E-state index contributed by atoms with van der Waals surface area (Å²) in [6.07, 6.45) is 1.56. The van der Waals surface area contributed by atoms with E-state index in [1.54, 1.807) is 6.33 Å². The van der Waals surface area contributed by atoms with Gasteiger partial charge in [-0.05, 0) is 16.6 Å². The van der Waals surface area contributed by atoms with Crippen LogP contribution >= 0.6 is 23.8 Å². The van der Waals surface area contributed by atoms with E-state index in [0.29, 0.717) is 5.11 Å². The second-order valence-corrected chi connectivity index (χ2v) is 2.61. The quantitative estimate of drug-likeness (QED) is 0.294. The number of aromatic nitrogens is 2. The maximum Gasteiger partial charge on any atom is 0.317 e. The first kappa shape index (κ1) is 7.32. The van der Waals surface area contributed by atoms with Gasteiger partial charge in [-0.25, -0.2) is 16.1 Å². The first-order chi connectivity index (χ1) is 4.83. The summed E-state index contributed by atoms with van der Waals surface area (Å²) in [5.41, 5.74) is 2.28. The van der Waals surface area contributed by atoms with Crippen molar-refractivity contribution in [2.24, 2.45) is 5.84 Å². The van der Waals surface area contributed by atoms with Crippen LogP contribution in [0.4, 0.5) is 5.13 Å². The van der Waals surface area contributed by atoms with Crippen molar-refractivity contribution in [1.29, 1.82) is 0 Å². The molecule has 5 nitrogen and oxygen atoms in total. The van der Waals surface area contributed by atoms with Crippen LogP contribution < -0.4 is 21.6 Å². The third-order valence-electron chi connectivity index (χ3n) is 0.750. The third-order valence-corrected chi connectivity index (χ3v) is 1.58. The number of rotatable bonds is 1. The van der Waals surface area contributed by atoms with Gasteiger partial charge in [0.15, 0.2) is 0 Å². The highest BCUT2D eigenvalue weighted by Crippen LogP contribution is 1.99. The zero-order valence-electron chi connectivity index (χ0n) is 4.92. The minimum Gasteiger partial charge on any atom is -0.288 e. The lowest BCUT2D eigenvalue weighted by Crippen LogP contribution is -2.35. The number of hydrogen-bond donors (Lipinski definition) is 3. The van der Waals surface area contributed by atoms with Gasteiger partial charge >= 0.3 is 5.13 Å². The minimum atomic E-state index is 0.362. The van der Waals surface area contributed by atoms with Crippen LogP contribution in [0.2, 0.25) is 0 Å². The normalized spacial score (nSPS) is 8.90. The van der Waals surface area contributed by atoms with Gasteiger partial charge in [-0.3, -0.25) is 5.43 Å². The molecule has 0 spiro atoms. The summed E-state index contributed by atoms with van der Waals surface area (Å²) >= 11 is 5.98. The van der Waals surface area contributed by atoms with Crippen LogP contribution in [0.25, 0.3) is 0 Å². The van der Waals surface area contributed by atoms with Gasteiger partial charge in [0.1, 0.15) is 11.5 Å². The van der Waals surface area contributed by atoms with Gasteiger partial charge in [0.05, 0.1) is 0 Å². The van der Waals surface area contributed by atoms with Crippen molar-refractivity contribution in [2.45, 2.75) is 0 Å². The molecule has 0 bridgehead atoms. The fourth-order valence-electron chi connectivity index (χ4n) is 0.388.